The molecule has 2 aromatic carbocycles. The van der Waals surface area contributed by atoms with E-state index in [1.54, 1.807) is 24.3 Å². The van der Waals surface area contributed by atoms with E-state index in [9.17, 15) is 13.2 Å². The molecule has 0 bridgehead atoms. The maximum absolute atomic E-state index is 12.1. The van der Waals surface area contributed by atoms with Crippen LogP contribution < -0.4 is 4.72 Å². The summed E-state index contributed by atoms with van der Waals surface area (Å²) in [7, 11) is -3.96. The van der Waals surface area contributed by atoms with E-state index in [1.165, 1.54) is 12.1 Å². The molecule has 0 aliphatic carbocycles. The molecule has 0 saturated heterocycles. The average molecular weight is 345 g/mol. The van der Waals surface area contributed by atoms with Gasteiger partial charge in [0.15, 0.2) is 6.61 Å². The molecule has 0 unspecified atom stereocenters. The third-order valence-corrected chi connectivity index (χ3v) is 4.70. The fraction of sp³-hybridized carbons (Fsp3) is 0.118. The van der Waals surface area contributed by atoms with Crippen LogP contribution in [0.25, 0.3) is 11.0 Å². The van der Waals surface area contributed by atoms with Gasteiger partial charge in [-0.15, -0.1) is 0 Å². The number of ether oxygens (including phenoxy) is 1. The predicted molar refractivity (Wildman–Crippen MR) is 87.9 cm³/mol. The monoisotopic (exact) mass is 345 g/mol. The molecule has 1 heterocycles. The standard InChI is InChI=1S/C17H15NO5S/c1-12-6-8-15(9-7-12)24(20,21)18-17(19)22-11-14-10-13-4-2-3-5-16(13)23-14/h2-10H,11H2,1H3,(H,18,19). The van der Waals surface area contributed by atoms with Crippen molar-refractivity contribution in [1.82, 2.24) is 4.72 Å². The second-order valence-electron chi connectivity index (χ2n) is 5.25. The SMILES string of the molecule is Cc1ccc(S(=O)(=O)NC(=O)OCc2cc3ccccc3o2)cc1. The first-order valence-electron chi connectivity index (χ1n) is 7.18. The lowest BCUT2D eigenvalue weighted by atomic mass is 10.2. The minimum absolute atomic E-state index is 0.00575. The number of benzene rings is 2. The van der Waals surface area contributed by atoms with Crippen molar-refractivity contribution in [3.8, 4) is 0 Å². The molecule has 0 saturated carbocycles. The van der Waals surface area contributed by atoms with Crippen molar-refractivity contribution in [2.24, 2.45) is 0 Å². The molecule has 0 radical (unpaired) electrons. The lowest BCUT2D eigenvalue weighted by Gasteiger charge is -2.07. The summed E-state index contributed by atoms with van der Waals surface area (Å²) >= 11 is 0. The normalized spacial score (nSPS) is 11.4. The van der Waals surface area contributed by atoms with Crippen LogP contribution in [-0.2, 0) is 21.4 Å². The summed E-state index contributed by atoms with van der Waals surface area (Å²) < 4.78 is 36.4. The molecule has 3 aromatic rings. The zero-order valence-corrected chi connectivity index (χ0v) is 13.7. The van der Waals surface area contributed by atoms with Gasteiger partial charge in [0.1, 0.15) is 11.3 Å². The van der Waals surface area contributed by atoms with Gasteiger partial charge in [-0.1, -0.05) is 35.9 Å². The Labute approximate surface area is 139 Å². The van der Waals surface area contributed by atoms with Crippen molar-refractivity contribution in [1.29, 1.82) is 0 Å². The molecular weight excluding hydrogens is 330 g/mol. The topological polar surface area (TPSA) is 85.6 Å². The van der Waals surface area contributed by atoms with E-state index in [1.807, 2.05) is 29.8 Å². The number of rotatable bonds is 4. The van der Waals surface area contributed by atoms with E-state index < -0.39 is 16.1 Å². The molecule has 124 valence electrons. The van der Waals surface area contributed by atoms with Gasteiger partial charge in [0.2, 0.25) is 0 Å². The highest BCUT2D eigenvalue weighted by Gasteiger charge is 2.18. The van der Waals surface area contributed by atoms with Crippen LogP contribution in [0, 0.1) is 6.92 Å². The zero-order valence-electron chi connectivity index (χ0n) is 12.9. The Kier molecular flexibility index (Phi) is 4.26. The van der Waals surface area contributed by atoms with Crippen LogP contribution in [0.15, 0.2) is 63.9 Å². The fourth-order valence-electron chi connectivity index (χ4n) is 2.16. The van der Waals surface area contributed by atoms with Crippen LogP contribution in [0.5, 0.6) is 0 Å². The van der Waals surface area contributed by atoms with Crippen molar-refractivity contribution < 1.29 is 22.4 Å². The number of nitrogens with one attached hydrogen (secondary N) is 1. The van der Waals surface area contributed by atoms with Gasteiger partial charge >= 0.3 is 6.09 Å². The highest BCUT2D eigenvalue weighted by molar-refractivity contribution is 7.90. The Morgan fingerprint density at radius 1 is 1.12 bits per heavy atom. The van der Waals surface area contributed by atoms with Gasteiger partial charge in [-0.2, -0.15) is 0 Å². The Bertz CT molecular complexity index is 941. The van der Waals surface area contributed by atoms with Crippen LogP contribution in [0.3, 0.4) is 0 Å². The summed E-state index contributed by atoms with van der Waals surface area (Å²) in [5.74, 6) is 0.430. The van der Waals surface area contributed by atoms with Gasteiger partial charge < -0.3 is 9.15 Å². The van der Waals surface area contributed by atoms with Gasteiger partial charge in [0.05, 0.1) is 4.90 Å². The van der Waals surface area contributed by atoms with Crippen LogP contribution in [0.1, 0.15) is 11.3 Å². The number of amides is 1. The number of carbonyl (C=O) groups excluding carboxylic acids is 1. The van der Waals surface area contributed by atoms with Crippen LogP contribution in [0.2, 0.25) is 0 Å². The molecular formula is C17H15NO5S. The summed E-state index contributed by atoms with van der Waals surface area (Å²) in [6.45, 7) is 1.68. The largest absolute Gasteiger partial charge is 0.457 e. The number of para-hydroxylation sites is 1. The van der Waals surface area contributed by atoms with E-state index in [-0.39, 0.29) is 11.5 Å². The van der Waals surface area contributed by atoms with Crippen LogP contribution >= 0.6 is 0 Å². The summed E-state index contributed by atoms with van der Waals surface area (Å²) in [5.41, 5.74) is 1.59. The highest BCUT2D eigenvalue weighted by atomic mass is 32.2. The number of fused-ring (bicyclic) bond motifs is 1. The minimum Gasteiger partial charge on any atom is -0.457 e. The molecule has 7 heteroatoms. The van der Waals surface area contributed by atoms with Crippen LogP contribution in [0.4, 0.5) is 4.79 Å². The molecule has 24 heavy (non-hydrogen) atoms. The van der Waals surface area contributed by atoms with Gasteiger partial charge in [0.25, 0.3) is 10.0 Å². The van der Waals surface area contributed by atoms with E-state index in [4.69, 9.17) is 9.15 Å². The quantitative estimate of drug-likeness (QED) is 0.783. The lowest BCUT2D eigenvalue weighted by Crippen LogP contribution is -2.31. The molecule has 0 aliphatic heterocycles. The molecule has 1 aromatic heterocycles. The van der Waals surface area contributed by atoms with Gasteiger partial charge in [-0.25, -0.2) is 17.9 Å². The van der Waals surface area contributed by atoms with E-state index >= 15 is 0 Å². The number of hydrogen-bond donors (Lipinski definition) is 1. The van der Waals surface area contributed by atoms with Gasteiger partial charge in [0, 0.05) is 5.39 Å². The molecule has 0 aliphatic rings. The summed E-state index contributed by atoms with van der Waals surface area (Å²) in [6.07, 6.45) is -1.06. The molecule has 6 nitrogen and oxygen atoms in total. The molecule has 1 amide bonds. The van der Waals surface area contributed by atoms with Crippen molar-refractivity contribution >= 4 is 27.1 Å². The second-order valence-corrected chi connectivity index (χ2v) is 6.93. The van der Waals surface area contributed by atoms with Crippen molar-refractivity contribution in [3.63, 3.8) is 0 Å². The number of carbonyl (C=O) groups is 1. The maximum Gasteiger partial charge on any atom is 0.421 e. The second kappa shape index (κ2) is 6.37. The predicted octanol–water partition coefficient (Wildman–Crippen LogP) is 3.36. The molecule has 3 rings (SSSR count). The summed E-state index contributed by atoms with van der Waals surface area (Å²) in [5, 5.41) is 0.879. The molecule has 0 atom stereocenters. The first kappa shape index (κ1) is 16.1. The Morgan fingerprint density at radius 3 is 2.54 bits per heavy atom. The third kappa shape index (κ3) is 3.57. The number of furan rings is 1. The van der Waals surface area contributed by atoms with Crippen molar-refractivity contribution in [2.75, 3.05) is 0 Å². The van der Waals surface area contributed by atoms with Gasteiger partial charge in [-0.05, 0) is 31.2 Å². The van der Waals surface area contributed by atoms with E-state index in [2.05, 4.69) is 0 Å². The molecule has 0 fully saturated rings. The number of aryl methyl sites for hydroxylation is 1. The Balaban J connectivity index is 1.63. The fourth-order valence-corrected chi connectivity index (χ4v) is 3.05. The van der Waals surface area contributed by atoms with Crippen LogP contribution in [-0.4, -0.2) is 14.5 Å². The smallest absolute Gasteiger partial charge is 0.421 e. The average Bonchev–Trinajstić information content (AvgIpc) is 2.96. The molecule has 0 spiro atoms. The molecule has 1 N–H and O–H groups in total. The summed E-state index contributed by atoms with van der Waals surface area (Å²) in [6, 6.07) is 15.2. The summed E-state index contributed by atoms with van der Waals surface area (Å²) in [4.78, 5) is 11.7. The first-order chi connectivity index (χ1) is 11.4. The first-order valence-corrected chi connectivity index (χ1v) is 8.66. The Hall–Kier alpha value is -2.80. The Morgan fingerprint density at radius 2 is 1.83 bits per heavy atom. The number of hydrogen-bond acceptors (Lipinski definition) is 5. The maximum atomic E-state index is 12.1. The third-order valence-electron chi connectivity index (χ3n) is 3.37. The highest BCUT2D eigenvalue weighted by Crippen LogP contribution is 2.19. The zero-order chi connectivity index (χ0) is 17.2. The van der Waals surface area contributed by atoms with E-state index in [0.717, 1.165) is 10.9 Å². The lowest BCUT2D eigenvalue weighted by molar-refractivity contribution is 0.138. The van der Waals surface area contributed by atoms with Crippen molar-refractivity contribution in [2.45, 2.75) is 18.4 Å². The minimum atomic E-state index is -3.96. The van der Waals surface area contributed by atoms with Crippen molar-refractivity contribution in [3.05, 3.63) is 65.9 Å². The van der Waals surface area contributed by atoms with E-state index in [0.29, 0.717) is 11.3 Å². The number of sulfonamides is 1. The van der Waals surface area contributed by atoms with Gasteiger partial charge in [-0.3, -0.25) is 0 Å².